The zero-order valence-corrected chi connectivity index (χ0v) is 18.5. The van der Waals surface area contributed by atoms with E-state index in [0.717, 1.165) is 0 Å². The van der Waals surface area contributed by atoms with Crippen molar-refractivity contribution in [2.75, 3.05) is 0 Å². The molecule has 0 aromatic rings. The van der Waals surface area contributed by atoms with E-state index >= 15 is 0 Å². The van der Waals surface area contributed by atoms with Gasteiger partial charge in [0.05, 0.1) is 0 Å². The smallest absolute Gasteiger partial charge is 0.122 e. The Bertz CT molecular complexity index is 389. The first-order chi connectivity index (χ1) is 9.50. The number of hydrogen-bond donors (Lipinski definition) is 0. The van der Waals surface area contributed by atoms with E-state index in [4.69, 9.17) is 8.22 Å². The Kier molecular flexibility index (Phi) is 2.81. The Morgan fingerprint density at radius 3 is 1.06 bits per heavy atom. The molecule has 0 fully saturated rings. The molecule has 17 heavy (non-hydrogen) atoms. The highest BCUT2D eigenvalue weighted by molar-refractivity contribution is 9.26. The summed E-state index contributed by atoms with van der Waals surface area (Å²) in [6.45, 7) is 11.9. The van der Waals surface area contributed by atoms with Crippen LogP contribution in [0.15, 0.2) is 0 Å². The third-order valence-corrected chi connectivity index (χ3v) is 40.4. The van der Waals surface area contributed by atoms with Gasteiger partial charge in [-0.2, -0.15) is 0 Å². The summed E-state index contributed by atoms with van der Waals surface area (Å²) in [6, 6.07) is 0. The van der Waals surface area contributed by atoms with E-state index in [1.165, 1.54) is 0 Å². The monoisotopic (exact) mass is 374 g/mol. The van der Waals surface area contributed by atoms with Gasteiger partial charge in [-0.15, -0.1) is 15.3 Å². The minimum absolute atomic E-state index is 0.517. The first-order valence-electron chi connectivity index (χ1n) is 9.19. The summed E-state index contributed by atoms with van der Waals surface area (Å²) in [5, 5.41) is 0. The number of hydrogen-bond acceptors (Lipinski definition) is 0. The first kappa shape index (κ1) is 10.1. The van der Waals surface area contributed by atoms with Crippen molar-refractivity contribution < 1.29 is 8.22 Å². The highest BCUT2D eigenvalue weighted by Crippen LogP contribution is 2.61. The molecule has 0 atom stereocenters. The fourth-order valence-electron chi connectivity index (χ4n) is 5.00. The summed E-state index contributed by atoms with van der Waals surface area (Å²) in [4.78, 5) is 0. The molecule has 0 radical (unpaired) electrons. The van der Waals surface area contributed by atoms with E-state index in [2.05, 4.69) is 67.7 Å². The predicted molar refractivity (Wildman–Crippen MR) is 99.1 cm³/mol. The van der Waals surface area contributed by atoms with E-state index < -0.39 is 47.8 Å². The summed E-state index contributed by atoms with van der Waals surface area (Å²) in [5.74, 6) is 0. The molecule has 0 saturated heterocycles. The molecule has 0 bridgehead atoms. The second kappa shape index (κ2) is 4.72. The summed E-state index contributed by atoms with van der Waals surface area (Å²) < 4.78 is 49.4. The van der Waals surface area contributed by atoms with Crippen LogP contribution in [0.5, 0.6) is 0 Å². The molecule has 0 unspecified atom stereocenters. The van der Waals surface area contributed by atoms with Crippen molar-refractivity contribution in [3.8, 4) is 0 Å². The van der Waals surface area contributed by atoms with Gasteiger partial charge in [0.2, 0.25) is 0 Å². The van der Waals surface area contributed by atoms with Gasteiger partial charge in [-0.3, -0.25) is 0 Å². The van der Waals surface area contributed by atoms with Crippen LogP contribution in [0.25, 0.3) is 0 Å². The average molecular weight is 376 g/mol. The Morgan fingerprint density at radius 1 is 0.706 bits per heavy atom. The molecule has 0 rings (SSSR count). The average Bonchev–Trinajstić information content (AvgIpc) is 2.05. The van der Waals surface area contributed by atoms with Gasteiger partial charge in [-0.25, -0.2) is 0 Å². The maximum atomic E-state index is 8.32. The standard InChI is InChI=1S/C12H33BrSi4/c1-14(2,3)12(15(4,5)6,16(7,8)9)17(10,11)13/h1-11H3/i1D3,2D3. The van der Waals surface area contributed by atoms with Gasteiger partial charge in [0.15, 0.2) is 0 Å². The molecule has 0 amide bonds. The molecule has 0 saturated carbocycles. The van der Waals surface area contributed by atoms with Gasteiger partial charge in [-0.1, -0.05) is 71.9 Å². The zero-order chi connectivity index (χ0) is 19.5. The van der Waals surface area contributed by atoms with Crippen LogP contribution in [0.3, 0.4) is 0 Å². The Hall–Kier alpha value is 1.35. The van der Waals surface area contributed by atoms with Crippen molar-refractivity contribution in [2.45, 2.75) is 75.8 Å². The van der Waals surface area contributed by atoms with Gasteiger partial charge in [0, 0.05) is 32.4 Å². The number of rotatable bonds is 4. The third kappa shape index (κ3) is 2.93. The maximum absolute atomic E-state index is 8.32. The van der Waals surface area contributed by atoms with E-state index in [1.54, 1.807) is 6.55 Å². The van der Waals surface area contributed by atoms with Crippen molar-refractivity contribution in [1.29, 1.82) is 0 Å². The van der Waals surface area contributed by atoms with Crippen molar-refractivity contribution >= 4 is 46.2 Å². The minimum Gasteiger partial charge on any atom is -0.127 e. The van der Waals surface area contributed by atoms with Crippen LogP contribution in [-0.4, -0.2) is 30.9 Å². The van der Waals surface area contributed by atoms with Gasteiger partial charge in [-0.05, 0) is 3.91 Å². The molecular formula is C12H33BrSi4. The Balaban J connectivity index is 7.46. The lowest BCUT2D eigenvalue weighted by Gasteiger charge is -2.64. The molecule has 0 aromatic carbocycles. The summed E-state index contributed by atoms with van der Waals surface area (Å²) in [5.41, 5.74) is 0. The molecule has 0 spiro atoms. The van der Waals surface area contributed by atoms with Crippen molar-refractivity contribution in [3.63, 3.8) is 0 Å². The van der Waals surface area contributed by atoms with Crippen LogP contribution in [-0.2, 0) is 0 Å². The topological polar surface area (TPSA) is 0 Å². The molecule has 104 valence electrons. The summed E-state index contributed by atoms with van der Waals surface area (Å²) in [7, 11) is -7.99. The predicted octanol–water partition coefficient (Wildman–Crippen LogP) is 5.96. The third-order valence-electron chi connectivity index (χ3n) is 3.89. The van der Waals surface area contributed by atoms with E-state index in [9.17, 15) is 0 Å². The maximum Gasteiger partial charge on any atom is 0.122 e. The highest BCUT2D eigenvalue weighted by Gasteiger charge is 2.66. The molecule has 0 heterocycles. The molecule has 0 aliphatic carbocycles. The SMILES string of the molecule is [2H]C([2H])([2H])[Si](C)(C([2H])([2H])[2H])C([Si](C)(C)C)([Si](C)(C)C)[Si](C)(C)Br. The van der Waals surface area contributed by atoms with Crippen molar-refractivity contribution in [2.24, 2.45) is 0 Å². The largest absolute Gasteiger partial charge is 0.127 e. The van der Waals surface area contributed by atoms with Crippen LogP contribution in [0.1, 0.15) is 8.22 Å². The molecule has 0 N–H and O–H groups in total. The molecular weight excluding hydrogens is 336 g/mol. The van der Waals surface area contributed by atoms with E-state index in [1.807, 2.05) is 0 Å². The lowest BCUT2D eigenvalue weighted by Crippen LogP contribution is -2.74. The van der Waals surface area contributed by atoms with Gasteiger partial charge in [0.25, 0.3) is 0 Å². The quantitative estimate of drug-likeness (QED) is 0.420. The fourth-order valence-corrected chi connectivity index (χ4v) is 59.3. The second-order valence-electron chi connectivity index (χ2n) is 7.85. The van der Waals surface area contributed by atoms with Crippen LogP contribution in [0.4, 0.5) is 0 Å². The Labute approximate surface area is 130 Å². The van der Waals surface area contributed by atoms with Gasteiger partial charge >= 0.3 is 0 Å². The zero-order valence-electron chi connectivity index (χ0n) is 18.9. The molecule has 5 heteroatoms. The van der Waals surface area contributed by atoms with Crippen LogP contribution >= 0.6 is 15.3 Å². The Morgan fingerprint density at radius 2 is 1.00 bits per heavy atom. The molecule has 0 nitrogen and oxygen atoms in total. The summed E-state index contributed by atoms with van der Waals surface area (Å²) in [6.07, 6.45) is 0. The number of halogens is 1. The van der Waals surface area contributed by atoms with Crippen molar-refractivity contribution in [3.05, 3.63) is 0 Å². The second-order valence-corrected chi connectivity index (χ2v) is 34.0. The molecule has 0 aliphatic rings. The van der Waals surface area contributed by atoms with Crippen LogP contribution in [0, 0.1) is 0 Å². The normalized spacial score (nSPS) is 22.9. The van der Waals surface area contributed by atoms with E-state index in [-0.39, 0.29) is 0 Å². The van der Waals surface area contributed by atoms with Crippen molar-refractivity contribution in [1.82, 2.24) is 0 Å². The van der Waals surface area contributed by atoms with Crippen LogP contribution < -0.4 is 0 Å². The van der Waals surface area contributed by atoms with Gasteiger partial charge < -0.3 is 0 Å². The van der Waals surface area contributed by atoms with E-state index in [0.29, 0.717) is 0 Å². The van der Waals surface area contributed by atoms with Gasteiger partial charge in [0.1, 0.15) is 6.69 Å². The lowest BCUT2D eigenvalue weighted by atomic mass is 11.6. The highest BCUT2D eigenvalue weighted by atomic mass is 79.9. The first-order valence-corrected chi connectivity index (χ1v) is 20.9. The molecule has 0 aliphatic heterocycles. The fraction of sp³-hybridized carbons (Fsp3) is 1.00. The minimum atomic E-state index is -3.70. The summed E-state index contributed by atoms with van der Waals surface area (Å²) >= 11 is 3.94. The van der Waals surface area contributed by atoms with Crippen LogP contribution in [0.2, 0.25) is 75.8 Å². The lowest BCUT2D eigenvalue weighted by molar-refractivity contribution is 1.20. The molecule has 0 aromatic heterocycles.